The highest BCUT2D eigenvalue weighted by Gasteiger charge is 2.58. The third-order valence-electron chi connectivity index (χ3n) is 1.21. The molecular formula is C2H9NO7P2. The molecule has 0 heterocycles. The summed E-state index contributed by atoms with van der Waals surface area (Å²) in [6.45, 7) is -1.22. The zero-order valence-electron chi connectivity index (χ0n) is 5.73. The zero-order valence-corrected chi connectivity index (χ0v) is 7.52. The second kappa shape index (κ2) is 3.17. The van der Waals surface area contributed by atoms with Crippen molar-refractivity contribution in [3.8, 4) is 0 Å². The van der Waals surface area contributed by atoms with Crippen molar-refractivity contribution in [3.63, 3.8) is 0 Å². The van der Waals surface area contributed by atoms with Crippen LogP contribution in [-0.4, -0.2) is 36.3 Å². The molecule has 0 radical (unpaired) electrons. The van der Waals surface area contributed by atoms with Crippen LogP contribution in [0.2, 0.25) is 0 Å². The van der Waals surface area contributed by atoms with Crippen LogP contribution in [0.4, 0.5) is 0 Å². The van der Waals surface area contributed by atoms with Gasteiger partial charge in [-0.15, -0.1) is 0 Å². The lowest BCUT2D eigenvalue weighted by Crippen LogP contribution is -2.37. The quantitative estimate of drug-likeness (QED) is 0.181. The Labute approximate surface area is 67.3 Å². The van der Waals surface area contributed by atoms with Gasteiger partial charge in [0.1, 0.15) is 0 Å². The summed E-state index contributed by atoms with van der Waals surface area (Å²) < 4.78 is 20.8. The molecule has 0 aliphatic rings. The molecule has 0 saturated heterocycles. The summed E-state index contributed by atoms with van der Waals surface area (Å²) in [6, 6.07) is 0. The molecule has 0 aliphatic heterocycles. The minimum Gasteiger partial charge on any atom is -0.367 e. The van der Waals surface area contributed by atoms with Gasteiger partial charge in [0.2, 0.25) is 0 Å². The van der Waals surface area contributed by atoms with Gasteiger partial charge in [-0.05, 0) is 0 Å². The molecule has 0 aromatic carbocycles. The fourth-order valence-electron chi connectivity index (χ4n) is 0.408. The second-order valence-electron chi connectivity index (χ2n) is 2.07. The zero-order chi connectivity index (χ0) is 10.2. The third-order valence-corrected chi connectivity index (χ3v) is 5.00. The first kappa shape index (κ1) is 12.2. The van der Waals surface area contributed by atoms with Gasteiger partial charge >= 0.3 is 15.2 Å². The average Bonchev–Trinajstić information content (AvgIpc) is 1.81. The number of hydrogen-bond acceptors (Lipinski definition) is 4. The number of nitrogens with two attached hydrogens (primary N) is 1. The first-order valence-electron chi connectivity index (χ1n) is 2.60. The summed E-state index contributed by atoms with van der Waals surface area (Å²) in [6.07, 6.45) is 0. The Morgan fingerprint density at radius 3 is 1.33 bits per heavy atom. The van der Waals surface area contributed by atoms with E-state index in [4.69, 9.17) is 24.7 Å². The molecule has 74 valence electrons. The standard InChI is InChI=1S/C2H9NO7P2/c3-1-2(4,11(5,6)7)12(8,9)10/h4H,1,3H2,(H2,5,6,7)(H2,8,9,10)/i1+1,2+1,3+1. The molecule has 0 rings (SSSR count). The lowest BCUT2D eigenvalue weighted by molar-refractivity contribution is 0.137. The maximum absolute atomic E-state index is 10.4. The Balaban J connectivity index is 5.25. The van der Waals surface area contributed by atoms with Gasteiger partial charge in [0, 0.05) is 6.54 Å². The maximum atomic E-state index is 10.4. The fraction of sp³-hybridized carbons (Fsp3) is 1.00. The van der Waals surface area contributed by atoms with Crippen molar-refractivity contribution in [2.45, 2.75) is 5.08 Å². The van der Waals surface area contributed by atoms with E-state index in [1.165, 1.54) is 0 Å². The summed E-state index contributed by atoms with van der Waals surface area (Å²) in [5, 5.41) is 5.37. The molecule has 10 heteroatoms. The van der Waals surface area contributed by atoms with Crippen molar-refractivity contribution in [3.05, 3.63) is 0 Å². The Kier molecular flexibility index (Phi) is 3.23. The Hall–Kier alpha value is 0.220. The van der Waals surface area contributed by atoms with Crippen molar-refractivity contribution in [2.24, 2.45) is 5.73 Å². The lowest BCUT2D eigenvalue weighted by atomic mass is 11.7. The van der Waals surface area contributed by atoms with E-state index in [0.29, 0.717) is 0 Å². The van der Waals surface area contributed by atoms with Gasteiger partial charge in [0.25, 0.3) is 5.08 Å². The SMILES string of the molecule is [15NH2][13CH2][13C](O)(P(=O)(O)O)P(=O)(O)O. The molecular weight excluding hydrogens is 215 g/mol. The fourth-order valence-corrected chi connectivity index (χ4v) is 2.24. The van der Waals surface area contributed by atoms with E-state index >= 15 is 0 Å². The van der Waals surface area contributed by atoms with Gasteiger partial charge < -0.3 is 30.4 Å². The van der Waals surface area contributed by atoms with Crippen LogP contribution in [0.15, 0.2) is 0 Å². The predicted octanol–water partition coefficient (Wildman–Crippen LogP) is -2.05. The minimum atomic E-state index is -5.34. The molecule has 0 spiro atoms. The van der Waals surface area contributed by atoms with Crippen LogP contribution in [0.25, 0.3) is 0 Å². The third kappa shape index (κ3) is 1.93. The van der Waals surface area contributed by atoms with Crippen LogP contribution in [-0.2, 0) is 9.13 Å². The first-order valence-corrected chi connectivity index (χ1v) is 5.82. The molecule has 0 aromatic rings. The van der Waals surface area contributed by atoms with Crippen LogP contribution in [0.3, 0.4) is 0 Å². The average molecular weight is 224 g/mol. The smallest absolute Gasteiger partial charge is 0.367 e. The molecule has 0 amide bonds. The van der Waals surface area contributed by atoms with Crippen molar-refractivity contribution >= 4 is 15.2 Å². The Morgan fingerprint density at radius 1 is 1.08 bits per heavy atom. The monoisotopic (exact) mass is 224 g/mol. The van der Waals surface area contributed by atoms with Crippen molar-refractivity contribution in [2.75, 3.05) is 6.54 Å². The molecule has 0 aliphatic carbocycles. The van der Waals surface area contributed by atoms with E-state index in [2.05, 4.69) is 5.73 Å². The molecule has 12 heavy (non-hydrogen) atoms. The van der Waals surface area contributed by atoms with Crippen molar-refractivity contribution in [1.29, 1.82) is 0 Å². The lowest BCUT2D eigenvalue weighted by Gasteiger charge is -2.27. The molecule has 0 aromatic heterocycles. The van der Waals surface area contributed by atoms with Gasteiger partial charge in [-0.3, -0.25) is 9.13 Å². The highest BCUT2D eigenvalue weighted by atomic mass is 31.2. The first-order chi connectivity index (χ1) is 5.06. The van der Waals surface area contributed by atoms with E-state index in [1.807, 2.05) is 0 Å². The summed E-state index contributed by atoms with van der Waals surface area (Å²) in [5.41, 5.74) is 4.64. The Morgan fingerprint density at radius 2 is 1.33 bits per heavy atom. The summed E-state index contributed by atoms with van der Waals surface area (Å²) in [4.78, 5) is 33.4. The predicted molar refractivity (Wildman–Crippen MR) is 38.1 cm³/mol. The molecule has 0 fully saturated rings. The molecule has 0 bridgehead atoms. The summed E-state index contributed by atoms with van der Waals surface area (Å²) in [5.74, 6) is 0. The van der Waals surface area contributed by atoms with Gasteiger partial charge in [0.05, 0.1) is 0 Å². The summed E-state index contributed by atoms with van der Waals surface area (Å²) in [7, 11) is -10.7. The molecule has 0 atom stereocenters. The minimum absolute atomic E-state index is 1.22. The van der Waals surface area contributed by atoms with E-state index in [9.17, 15) is 9.13 Å². The number of rotatable bonds is 3. The topological polar surface area (TPSA) is 161 Å². The van der Waals surface area contributed by atoms with E-state index in [0.717, 1.165) is 0 Å². The van der Waals surface area contributed by atoms with Gasteiger partial charge in [-0.2, -0.15) is 0 Å². The van der Waals surface area contributed by atoms with Crippen LogP contribution < -0.4 is 5.73 Å². The molecule has 0 saturated carbocycles. The molecule has 7 N–H and O–H groups in total. The summed E-state index contributed by atoms with van der Waals surface area (Å²) >= 11 is 0. The maximum Gasteiger partial charge on any atom is 0.370 e. The normalized spacial score (nSPS) is 14.8. The van der Waals surface area contributed by atoms with Gasteiger partial charge in [0.15, 0.2) is 0 Å². The van der Waals surface area contributed by atoms with Crippen LogP contribution in [0, 0.1) is 0 Å². The highest BCUT2D eigenvalue weighted by molar-refractivity contribution is 7.72. The number of hydrogen-bond donors (Lipinski definition) is 6. The van der Waals surface area contributed by atoms with Crippen LogP contribution in [0.5, 0.6) is 0 Å². The second-order valence-corrected chi connectivity index (χ2v) is 6.08. The van der Waals surface area contributed by atoms with Gasteiger partial charge in [-0.1, -0.05) is 0 Å². The van der Waals surface area contributed by atoms with Crippen LogP contribution in [0.1, 0.15) is 0 Å². The van der Waals surface area contributed by atoms with Crippen molar-refractivity contribution < 1.29 is 33.8 Å². The van der Waals surface area contributed by atoms with Crippen molar-refractivity contribution in [1.82, 2.24) is 0 Å². The molecule has 8 nitrogen and oxygen atoms in total. The largest absolute Gasteiger partial charge is 0.370 e. The van der Waals surface area contributed by atoms with E-state index in [-0.39, 0.29) is 0 Å². The van der Waals surface area contributed by atoms with E-state index in [1.54, 1.807) is 0 Å². The van der Waals surface area contributed by atoms with Crippen LogP contribution >= 0.6 is 15.2 Å². The number of aliphatic hydroxyl groups is 1. The highest BCUT2D eigenvalue weighted by Crippen LogP contribution is 2.66. The Bertz CT molecular complexity index is 228. The van der Waals surface area contributed by atoms with Gasteiger partial charge in [-0.25, -0.2) is 0 Å². The molecule has 0 unspecified atom stereocenters. The van der Waals surface area contributed by atoms with E-state index < -0.39 is 26.8 Å².